The first-order valence-electron chi connectivity index (χ1n) is 6.93. The molecule has 0 saturated heterocycles. The van der Waals surface area contributed by atoms with Crippen molar-refractivity contribution in [2.75, 3.05) is 6.54 Å². The second kappa shape index (κ2) is 6.43. The summed E-state index contributed by atoms with van der Waals surface area (Å²) in [5, 5.41) is 14.8. The van der Waals surface area contributed by atoms with Gasteiger partial charge in [-0.05, 0) is 31.9 Å². The first-order chi connectivity index (χ1) is 10.4. The van der Waals surface area contributed by atoms with Crippen LogP contribution in [0.5, 0.6) is 0 Å². The van der Waals surface area contributed by atoms with Gasteiger partial charge in [-0.3, -0.25) is 9.59 Å². The topological polar surface area (TPSA) is 92.4 Å². The van der Waals surface area contributed by atoms with Gasteiger partial charge in [-0.1, -0.05) is 22.9 Å². The number of aryl methyl sites for hydroxylation is 3. The summed E-state index contributed by atoms with van der Waals surface area (Å²) in [5.74, 6) is -0.885. The molecule has 22 heavy (non-hydrogen) atoms. The number of nitrogens with zero attached hydrogens (tertiary/aromatic N) is 1. The van der Waals surface area contributed by atoms with Gasteiger partial charge >= 0.3 is 5.97 Å². The fraction of sp³-hybridized carbons (Fsp3) is 0.312. The van der Waals surface area contributed by atoms with Gasteiger partial charge in [0.2, 0.25) is 0 Å². The maximum Gasteiger partial charge on any atom is 0.305 e. The first-order valence-corrected chi connectivity index (χ1v) is 6.93. The highest BCUT2D eigenvalue weighted by Gasteiger charge is 2.16. The average molecular weight is 302 g/mol. The first kappa shape index (κ1) is 15.8. The summed E-state index contributed by atoms with van der Waals surface area (Å²) in [6.45, 7) is 6.03. The molecule has 0 fully saturated rings. The molecule has 0 aliphatic rings. The van der Waals surface area contributed by atoms with E-state index < -0.39 is 11.9 Å². The van der Waals surface area contributed by atoms with E-state index in [1.165, 1.54) is 0 Å². The van der Waals surface area contributed by atoms with Crippen LogP contribution in [0.4, 0.5) is 0 Å². The molecule has 116 valence electrons. The lowest BCUT2D eigenvalue weighted by Crippen LogP contribution is -2.26. The minimum atomic E-state index is -0.966. The average Bonchev–Trinajstić information content (AvgIpc) is 2.86. The van der Waals surface area contributed by atoms with Crippen LogP contribution in [0.1, 0.15) is 33.6 Å². The van der Waals surface area contributed by atoms with Crippen LogP contribution < -0.4 is 5.32 Å². The number of benzene rings is 1. The zero-order valence-corrected chi connectivity index (χ0v) is 12.8. The third-order valence-electron chi connectivity index (χ3n) is 3.29. The summed E-state index contributed by atoms with van der Waals surface area (Å²) in [5.41, 5.74) is 4.31. The largest absolute Gasteiger partial charge is 0.481 e. The Balaban J connectivity index is 2.18. The Kier molecular flexibility index (Phi) is 4.60. The predicted octanol–water partition coefficient (Wildman–Crippen LogP) is 2.47. The van der Waals surface area contributed by atoms with Crippen LogP contribution >= 0.6 is 0 Å². The van der Waals surface area contributed by atoms with Crippen LogP contribution in [0, 0.1) is 20.8 Å². The molecule has 0 radical (unpaired) electrons. The Morgan fingerprint density at radius 3 is 2.41 bits per heavy atom. The standard InChI is InChI=1S/C16H18N2O4/c1-9-6-10(2)15(11(3)7-9)13-8-12(18-22-13)16(21)17-5-4-14(19)20/h6-8H,4-5H2,1-3H3,(H,17,21)(H,19,20). The number of carbonyl (C=O) groups excluding carboxylic acids is 1. The predicted molar refractivity (Wildman–Crippen MR) is 80.7 cm³/mol. The third-order valence-corrected chi connectivity index (χ3v) is 3.29. The molecule has 6 nitrogen and oxygen atoms in total. The molecule has 1 amide bonds. The van der Waals surface area contributed by atoms with Gasteiger partial charge in [0.05, 0.1) is 6.42 Å². The molecule has 0 unspecified atom stereocenters. The van der Waals surface area contributed by atoms with E-state index in [1.807, 2.05) is 32.9 Å². The van der Waals surface area contributed by atoms with E-state index in [-0.39, 0.29) is 18.7 Å². The normalized spacial score (nSPS) is 10.5. The number of aromatic nitrogens is 1. The van der Waals surface area contributed by atoms with Crippen LogP contribution in [0.25, 0.3) is 11.3 Å². The molecule has 1 aromatic heterocycles. The number of carboxylic acid groups (broad SMARTS) is 1. The molecule has 1 aromatic carbocycles. The number of nitrogens with one attached hydrogen (secondary N) is 1. The molecule has 0 atom stereocenters. The van der Waals surface area contributed by atoms with E-state index in [1.54, 1.807) is 6.07 Å². The van der Waals surface area contributed by atoms with Crippen LogP contribution in [0.15, 0.2) is 22.7 Å². The van der Waals surface area contributed by atoms with Crippen molar-refractivity contribution in [3.8, 4) is 11.3 Å². The van der Waals surface area contributed by atoms with Crippen molar-refractivity contribution in [2.45, 2.75) is 27.2 Å². The number of carbonyl (C=O) groups is 2. The molecule has 0 bridgehead atoms. The van der Waals surface area contributed by atoms with Crippen molar-refractivity contribution < 1.29 is 19.2 Å². The summed E-state index contributed by atoms with van der Waals surface area (Å²) in [4.78, 5) is 22.3. The number of carboxylic acids is 1. The maximum absolute atomic E-state index is 11.9. The van der Waals surface area contributed by atoms with Crippen LogP contribution in [-0.2, 0) is 4.79 Å². The molecular formula is C16H18N2O4. The maximum atomic E-state index is 11.9. The molecule has 0 aliphatic heterocycles. The fourth-order valence-electron chi connectivity index (χ4n) is 2.44. The van der Waals surface area contributed by atoms with Gasteiger partial charge in [0, 0.05) is 18.2 Å². The zero-order chi connectivity index (χ0) is 16.3. The number of hydrogen-bond acceptors (Lipinski definition) is 4. The van der Waals surface area contributed by atoms with Gasteiger partial charge in [-0.15, -0.1) is 0 Å². The van der Waals surface area contributed by atoms with E-state index in [2.05, 4.69) is 10.5 Å². The monoisotopic (exact) mass is 302 g/mol. The number of aliphatic carboxylic acids is 1. The van der Waals surface area contributed by atoms with E-state index in [0.29, 0.717) is 5.76 Å². The van der Waals surface area contributed by atoms with Crippen molar-refractivity contribution in [3.63, 3.8) is 0 Å². The lowest BCUT2D eigenvalue weighted by molar-refractivity contribution is -0.136. The molecule has 2 N–H and O–H groups in total. The second-order valence-corrected chi connectivity index (χ2v) is 5.25. The van der Waals surface area contributed by atoms with Crippen molar-refractivity contribution in [2.24, 2.45) is 0 Å². The van der Waals surface area contributed by atoms with Gasteiger partial charge in [0.15, 0.2) is 11.5 Å². The van der Waals surface area contributed by atoms with Gasteiger partial charge in [0.25, 0.3) is 5.91 Å². The van der Waals surface area contributed by atoms with Crippen LogP contribution in [0.3, 0.4) is 0 Å². The molecule has 0 spiro atoms. The number of rotatable bonds is 5. The number of amides is 1. The highest BCUT2D eigenvalue weighted by molar-refractivity contribution is 5.93. The summed E-state index contributed by atoms with van der Waals surface area (Å²) >= 11 is 0. The highest BCUT2D eigenvalue weighted by Crippen LogP contribution is 2.28. The summed E-state index contributed by atoms with van der Waals surface area (Å²) in [6, 6.07) is 5.65. The molecule has 6 heteroatoms. The highest BCUT2D eigenvalue weighted by atomic mass is 16.5. The van der Waals surface area contributed by atoms with Crippen LogP contribution in [0.2, 0.25) is 0 Å². The van der Waals surface area contributed by atoms with Gasteiger partial charge in [-0.2, -0.15) is 0 Å². The van der Waals surface area contributed by atoms with E-state index in [9.17, 15) is 9.59 Å². The fourth-order valence-corrected chi connectivity index (χ4v) is 2.44. The van der Waals surface area contributed by atoms with Gasteiger partial charge in [-0.25, -0.2) is 0 Å². The molecule has 2 rings (SSSR count). The van der Waals surface area contributed by atoms with E-state index in [0.717, 1.165) is 22.3 Å². The smallest absolute Gasteiger partial charge is 0.305 e. The summed E-state index contributed by atoms with van der Waals surface area (Å²) in [7, 11) is 0. The molecular weight excluding hydrogens is 284 g/mol. The quantitative estimate of drug-likeness (QED) is 0.885. The zero-order valence-electron chi connectivity index (χ0n) is 12.8. The van der Waals surface area contributed by atoms with E-state index >= 15 is 0 Å². The van der Waals surface area contributed by atoms with Crippen molar-refractivity contribution in [1.82, 2.24) is 10.5 Å². The van der Waals surface area contributed by atoms with Crippen LogP contribution in [-0.4, -0.2) is 28.7 Å². The van der Waals surface area contributed by atoms with E-state index in [4.69, 9.17) is 9.63 Å². The molecule has 2 aromatic rings. The lowest BCUT2D eigenvalue weighted by atomic mass is 9.98. The Bertz CT molecular complexity index is 696. The Hall–Kier alpha value is -2.63. The third kappa shape index (κ3) is 3.52. The molecule has 0 aliphatic carbocycles. The lowest BCUT2D eigenvalue weighted by Gasteiger charge is -2.07. The Morgan fingerprint density at radius 2 is 1.82 bits per heavy atom. The van der Waals surface area contributed by atoms with Crippen molar-refractivity contribution >= 4 is 11.9 Å². The minimum absolute atomic E-state index is 0.0545. The second-order valence-electron chi connectivity index (χ2n) is 5.25. The van der Waals surface area contributed by atoms with Gasteiger partial charge < -0.3 is 14.9 Å². The number of hydrogen-bond donors (Lipinski definition) is 2. The summed E-state index contributed by atoms with van der Waals surface area (Å²) in [6.07, 6.45) is -0.132. The molecule has 0 saturated carbocycles. The minimum Gasteiger partial charge on any atom is -0.481 e. The van der Waals surface area contributed by atoms with Crippen molar-refractivity contribution in [1.29, 1.82) is 0 Å². The summed E-state index contributed by atoms with van der Waals surface area (Å²) < 4.78 is 5.27. The van der Waals surface area contributed by atoms with Gasteiger partial charge in [0.1, 0.15) is 0 Å². The molecule has 1 heterocycles. The Morgan fingerprint density at radius 1 is 1.18 bits per heavy atom. The Labute approximate surface area is 128 Å². The van der Waals surface area contributed by atoms with Crippen molar-refractivity contribution in [3.05, 3.63) is 40.6 Å². The SMILES string of the molecule is Cc1cc(C)c(-c2cc(C(=O)NCCC(=O)O)no2)c(C)c1.